The molecule has 0 spiro atoms. The maximum atomic E-state index is 12.3. The van der Waals surface area contributed by atoms with Crippen LogP contribution in [0.4, 0.5) is 5.69 Å². The number of aryl methyl sites for hydroxylation is 2. The first kappa shape index (κ1) is 16.5. The van der Waals surface area contributed by atoms with Gasteiger partial charge in [-0.15, -0.1) is 0 Å². The third kappa shape index (κ3) is 3.49. The molecule has 4 N–H and O–H groups in total. The Balaban J connectivity index is 3.11. The number of nitrogens with one attached hydrogen (secondary N) is 2. The fourth-order valence-corrected chi connectivity index (χ4v) is 3.55. The molecule has 0 aliphatic heterocycles. The lowest BCUT2D eigenvalue weighted by molar-refractivity contribution is -0.119. The topological polar surface area (TPSA) is 101 Å². The van der Waals surface area contributed by atoms with Gasteiger partial charge >= 0.3 is 0 Å². The number of carbonyl (C=O) groups excluding carboxylic acids is 1. The second kappa shape index (κ2) is 6.23. The highest BCUT2D eigenvalue weighted by molar-refractivity contribution is 7.89. The number of sulfonamides is 1. The lowest BCUT2D eigenvalue weighted by Crippen LogP contribution is -2.37. The van der Waals surface area contributed by atoms with Gasteiger partial charge in [0.05, 0.1) is 11.4 Å². The molecule has 0 saturated carbocycles. The van der Waals surface area contributed by atoms with E-state index in [0.29, 0.717) is 23.4 Å². The van der Waals surface area contributed by atoms with E-state index in [1.54, 1.807) is 26.8 Å². The Hall–Kier alpha value is -1.60. The Kier molecular flexibility index (Phi) is 5.13. The second-order valence-corrected chi connectivity index (χ2v) is 6.36. The summed E-state index contributed by atoms with van der Waals surface area (Å²) in [6, 6.07) is 1.73. The predicted molar refractivity (Wildman–Crippen MR) is 78.9 cm³/mol. The molecule has 1 rings (SSSR count). The quantitative estimate of drug-likeness (QED) is 0.693. The average molecular weight is 299 g/mol. The van der Waals surface area contributed by atoms with Crippen LogP contribution >= 0.6 is 0 Å². The van der Waals surface area contributed by atoms with Crippen molar-refractivity contribution < 1.29 is 13.2 Å². The molecular formula is C13H21N3O3S. The molecule has 0 heterocycles. The summed E-state index contributed by atoms with van der Waals surface area (Å²) >= 11 is 0. The van der Waals surface area contributed by atoms with Crippen LogP contribution in [0.3, 0.4) is 0 Å². The van der Waals surface area contributed by atoms with Gasteiger partial charge in [0.15, 0.2) is 0 Å². The standard InChI is InChI=1S/C13H21N3O3S/c1-5-15-11(17)7-16-20(18,19)13-9(3)6-8(2)12(14)10(13)4/h6,16H,5,7,14H2,1-4H3,(H,15,17). The van der Waals surface area contributed by atoms with Crippen LogP contribution in [-0.2, 0) is 14.8 Å². The number of likely N-dealkylation sites (N-methyl/N-ethyl adjacent to an activating group) is 1. The summed E-state index contributed by atoms with van der Waals surface area (Å²) in [5, 5.41) is 2.53. The van der Waals surface area contributed by atoms with Gasteiger partial charge in [0.2, 0.25) is 15.9 Å². The summed E-state index contributed by atoms with van der Waals surface area (Å²) in [7, 11) is -3.77. The van der Waals surface area contributed by atoms with Gasteiger partial charge in [-0.2, -0.15) is 0 Å². The first-order valence-corrected chi connectivity index (χ1v) is 7.81. The Morgan fingerprint density at radius 3 is 2.40 bits per heavy atom. The van der Waals surface area contributed by atoms with Crippen molar-refractivity contribution in [3.05, 3.63) is 22.8 Å². The minimum Gasteiger partial charge on any atom is -0.398 e. The molecule has 0 bridgehead atoms. The molecule has 0 aromatic heterocycles. The van der Waals surface area contributed by atoms with Gasteiger partial charge < -0.3 is 11.1 Å². The van der Waals surface area contributed by atoms with E-state index in [0.717, 1.165) is 5.56 Å². The molecule has 0 aliphatic carbocycles. The molecule has 0 fully saturated rings. The number of anilines is 1. The molecule has 1 amide bonds. The number of nitrogen functional groups attached to an aromatic ring is 1. The average Bonchev–Trinajstić information content (AvgIpc) is 2.34. The second-order valence-electron chi connectivity index (χ2n) is 4.66. The van der Waals surface area contributed by atoms with Crippen molar-refractivity contribution in [3.8, 4) is 0 Å². The van der Waals surface area contributed by atoms with Crippen LogP contribution in [0.5, 0.6) is 0 Å². The van der Waals surface area contributed by atoms with E-state index >= 15 is 0 Å². The molecule has 6 nitrogen and oxygen atoms in total. The van der Waals surface area contributed by atoms with Crippen LogP contribution in [-0.4, -0.2) is 27.4 Å². The van der Waals surface area contributed by atoms with Crippen molar-refractivity contribution in [1.29, 1.82) is 0 Å². The number of hydrogen-bond donors (Lipinski definition) is 3. The lowest BCUT2D eigenvalue weighted by atomic mass is 10.1. The van der Waals surface area contributed by atoms with E-state index < -0.39 is 10.0 Å². The fraction of sp³-hybridized carbons (Fsp3) is 0.462. The van der Waals surface area contributed by atoms with Crippen molar-refractivity contribution >= 4 is 21.6 Å². The Labute approximate surface area is 119 Å². The lowest BCUT2D eigenvalue weighted by Gasteiger charge is -2.15. The maximum Gasteiger partial charge on any atom is 0.241 e. The van der Waals surface area contributed by atoms with Crippen LogP contribution < -0.4 is 15.8 Å². The van der Waals surface area contributed by atoms with Gasteiger partial charge in [-0.1, -0.05) is 6.07 Å². The van der Waals surface area contributed by atoms with E-state index in [2.05, 4.69) is 10.0 Å². The molecule has 0 radical (unpaired) electrons. The van der Waals surface area contributed by atoms with Crippen LogP contribution in [0.15, 0.2) is 11.0 Å². The van der Waals surface area contributed by atoms with Gasteiger partial charge in [-0.25, -0.2) is 13.1 Å². The first-order valence-electron chi connectivity index (χ1n) is 6.33. The van der Waals surface area contributed by atoms with Crippen LogP contribution in [0, 0.1) is 20.8 Å². The highest BCUT2D eigenvalue weighted by Crippen LogP contribution is 2.27. The van der Waals surface area contributed by atoms with Crippen LogP contribution in [0.1, 0.15) is 23.6 Å². The number of carbonyl (C=O) groups is 1. The zero-order chi connectivity index (χ0) is 15.5. The van der Waals surface area contributed by atoms with Crippen molar-refractivity contribution in [3.63, 3.8) is 0 Å². The molecule has 1 aromatic carbocycles. The third-order valence-electron chi connectivity index (χ3n) is 3.03. The number of benzene rings is 1. The van der Waals surface area contributed by atoms with Crippen molar-refractivity contribution in [2.45, 2.75) is 32.6 Å². The van der Waals surface area contributed by atoms with Gasteiger partial charge in [0, 0.05) is 12.2 Å². The minimum absolute atomic E-state index is 0.143. The molecule has 0 atom stereocenters. The summed E-state index contributed by atoms with van der Waals surface area (Å²) in [5.41, 5.74) is 8.28. The fourth-order valence-electron chi connectivity index (χ4n) is 2.09. The first-order chi connectivity index (χ1) is 9.20. The largest absolute Gasteiger partial charge is 0.398 e. The van der Waals surface area contributed by atoms with E-state index in [1.165, 1.54) is 0 Å². The number of rotatable bonds is 5. The highest BCUT2D eigenvalue weighted by atomic mass is 32.2. The van der Waals surface area contributed by atoms with Gasteiger partial charge in [-0.05, 0) is 44.4 Å². The van der Waals surface area contributed by atoms with Gasteiger partial charge in [0.25, 0.3) is 0 Å². The van der Waals surface area contributed by atoms with Crippen LogP contribution in [0.2, 0.25) is 0 Å². The molecule has 1 aromatic rings. The number of nitrogens with two attached hydrogens (primary N) is 1. The van der Waals surface area contributed by atoms with Gasteiger partial charge in [-0.3, -0.25) is 4.79 Å². The summed E-state index contributed by atoms with van der Waals surface area (Å²) < 4.78 is 26.9. The molecular weight excluding hydrogens is 278 g/mol. The molecule has 0 aliphatic rings. The Bertz CT molecular complexity index is 624. The van der Waals surface area contributed by atoms with E-state index in [1.807, 2.05) is 6.92 Å². The predicted octanol–water partition coefficient (Wildman–Crippen LogP) is 0.608. The monoisotopic (exact) mass is 299 g/mol. The maximum absolute atomic E-state index is 12.3. The minimum atomic E-state index is -3.77. The van der Waals surface area contributed by atoms with E-state index in [9.17, 15) is 13.2 Å². The summed E-state index contributed by atoms with van der Waals surface area (Å²) in [5.74, 6) is -0.369. The van der Waals surface area contributed by atoms with Crippen molar-refractivity contribution in [1.82, 2.24) is 10.0 Å². The Morgan fingerprint density at radius 2 is 1.85 bits per heavy atom. The van der Waals surface area contributed by atoms with Crippen molar-refractivity contribution in [2.24, 2.45) is 0 Å². The van der Waals surface area contributed by atoms with Crippen LogP contribution in [0.25, 0.3) is 0 Å². The van der Waals surface area contributed by atoms with Crippen molar-refractivity contribution in [2.75, 3.05) is 18.8 Å². The molecule has 0 saturated heterocycles. The molecule has 112 valence electrons. The number of hydrogen-bond acceptors (Lipinski definition) is 4. The molecule has 20 heavy (non-hydrogen) atoms. The third-order valence-corrected chi connectivity index (χ3v) is 4.72. The van der Waals surface area contributed by atoms with E-state index in [-0.39, 0.29) is 17.3 Å². The molecule has 7 heteroatoms. The zero-order valence-electron chi connectivity index (χ0n) is 12.2. The SMILES string of the molecule is CCNC(=O)CNS(=O)(=O)c1c(C)cc(C)c(N)c1C. The smallest absolute Gasteiger partial charge is 0.241 e. The summed E-state index contributed by atoms with van der Waals surface area (Å²) in [6.45, 7) is 7.13. The highest BCUT2D eigenvalue weighted by Gasteiger charge is 2.22. The zero-order valence-corrected chi connectivity index (χ0v) is 13.0. The van der Waals surface area contributed by atoms with Gasteiger partial charge in [0.1, 0.15) is 0 Å². The normalized spacial score (nSPS) is 11.4. The van der Waals surface area contributed by atoms with E-state index in [4.69, 9.17) is 5.73 Å². The molecule has 0 unspecified atom stereocenters. The Morgan fingerprint density at radius 1 is 1.25 bits per heavy atom. The summed E-state index contributed by atoms with van der Waals surface area (Å²) in [6.07, 6.45) is 0. The number of amides is 1. The summed E-state index contributed by atoms with van der Waals surface area (Å²) in [4.78, 5) is 11.5.